The van der Waals surface area contributed by atoms with Crippen LogP contribution in [0.25, 0.3) is 0 Å². The van der Waals surface area contributed by atoms with E-state index >= 15 is 0 Å². The molecule has 0 aromatic rings. The summed E-state index contributed by atoms with van der Waals surface area (Å²) in [6, 6.07) is -1.01. The van der Waals surface area contributed by atoms with Crippen LogP contribution in [0.3, 0.4) is 0 Å². The van der Waals surface area contributed by atoms with E-state index in [0.29, 0.717) is 31.8 Å². The Labute approximate surface area is 124 Å². The first-order valence-corrected chi connectivity index (χ1v) is 7.59. The van der Waals surface area contributed by atoms with Gasteiger partial charge in [-0.3, -0.25) is 4.79 Å². The van der Waals surface area contributed by atoms with Crippen LogP contribution in [0.4, 0.5) is 4.79 Å². The topological polar surface area (TPSA) is 108 Å². The first kappa shape index (κ1) is 17.3. The second-order valence-electron chi connectivity index (χ2n) is 5.38. The fourth-order valence-corrected chi connectivity index (χ4v) is 1.85. The Morgan fingerprint density at radius 1 is 1.24 bits per heavy atom. The van der Waals surface area contributed by atoms with E-state index in [1.807, 2.05) is 6.92 Å². The summed E-state index contributed by atoms with van der Waals surface area (Å²) in [6.45, 7) is 2.32. The molecule has 0 aromatic heterocycles. The normalized spacial score (nSPS) is 15.1. The van der Waals surface area contributed by atoms with Crippen LogP contribution in [-0.4, -0.2) is 41.6 Å². The quantitative estimate of drug-likeness (QED) is 0.451. The average molecular weight is 299 g/mol. The van der Waals surface area contributed by atoms with Gasteiger partial charge in [0.2, 0.25) is 5.91 Å². The molecular weight excluding hydrogens is 274 g/mol. The minimum atomic E-state index is -1.03. The van der Waals surface area contributed by atoms with Gasteiger partial charge in [0.05, 0.1) is 0 Å². The first-order valence-electron chi connectivity index (χ1n) is 7.59. The number of nitrogens with one attached hydrogen (secondary N) is 3. The van der Waals surface area contributed by atoms with E-state index in [2.05, 4.69) is 16.0 Å². The van der Waals surface area contributed by atoms with Crippen molar-refractivity contribution in [2.24, 2.45) is 0 Å². The van der Waals surface area contributed by atoms with Gasteiger partial charge in [0, 0.05) is 19.0 Å². The van der Waals surface area contributed by atoms with Gasteiger partial charge in [-0.25, -0.2) is 9.59 Å². The fourth-order valence-electron chi connectivity index (χ4n) is 1.85. The maximum Gasteiger partial charge on any atom is 0.326 e. The maximum absolute atomic E-state index is 11.6. The zero-order valence-corrected chi connectivity index (χ0v) is 12.5. The van der Waals surface area contributed by atoms with Crippen LogP contribution in [0.1, 0.15) is 51.9 Å². The highest BCUT2D eigenvalue weighted by Gasteiger charge is 2.23. The largest absolute Gasteiger partial charge is 0.480 e. The molecule has 1 aliphatic rings. The van der Waals surface area contributed by atoms with Crippen molar-refractivity contribution in [3.63, 3.8) is 0 Å². The monoisotopic (exact) mass is 299 g/mol. The lowest BCUT2D eigenvalue weighted by atomic mass is 10.1. The number of carboxylic acids is 1. The van der Waals surface area contributed by atoms with Crippen molar-refractivity contribution >= 4 is 17.9 Å². The highest BCUT2D eigenvalue weighted by molar-refractivity contribution is 5.82. The van der Waals surface area contributed by atoms with Gasteiger partial charge in [0.15, 0.2) is 0 Å². The van der Waals surface area contributed by atoms with Gasteiger partial charge >= 0.3 is 12.0 Å². The molecule has 1 atom stereocenters. The Morgan fingerprint density at radius 2 is 1.95 bits per heavy atom. The van der Waals surface area contributed by atoms with Crippen molar-refractivity contribution in [2.75, 3.05) is 6.54 Å². The summed E-state index contributed by atoms with van der Waals surface area (Å²) >= 11 is 0. The van der Waals surface area contributed by atoms with Gasteiger partial charge in [-0.05, 0) is 25.7 Å². The molecule has 0 bridgehead atoms. The highest BCUT2D eigenvalue weighted by atomic mass is 16.4. The van der Waals surface area contributed by atoms with Gasteiger partial charge in [-0.2, -0.15) is 0 Å². The minimum absolute atomic E-state index is 0.00562. The van der Waals surface area contributed by atoms with Crippen LogP contribution in [0.5, 0.6) is 0 Å². The van der Waals surface area contributed by atoms with E-state index in [1.165, 1.54) is 0 Å². The summed E-state index contributed by atoms with van der Waals surface area (Å²) in [5, 5.41) is 16.9. The standard InChI is InChI=1S/C14H25N3O4/c1-2-3-5-11(13(19)20)17-14(21)15-9-4-6-12(18)16-10-7-8-10/h10-11H,2-9H2,1H3,(H,16,18)(H,19,20)(H2,15,17,21)/t11-/m0/s1. The molecule has 0 spiro atoms. The van der Waals surface area contributed by atoms with Crippen molar-refractivity contribution in [2.45, 2.75) is 64.0 Å². The van der Waals surface area contributed by atoms with Gasteiger partial charge < -0.3 is 21.1 Å². The molecule has 7 nitrogen and oxygen atoms in total. The van der Waals surface area contributed by atoms with Crippen molar-refractivity contribution in [3.05, 3.63) is 0 Å². The first-order chi connectivity index (χ1) is 10.0. The molecular formula is C14H25N3O4. The zero-order chi connectivity index (χ0) is 15.7. The average Bonchev–Trinajstić information content (AvgIpc) is 3.23. The zero-order valence-electron chi connectivity index (χ0n) is 12.5. The Morgan fingerprint density at radius 3 is 2.52 bits per heavy atom. The summed E-state index contributed by atoms with van der Waals surface area (Å²) in [5.41, 5.74) is 0. The Balaban J connectivity index is 2.10. The third-order valence-corrected chi connectivity index (χ3v) is 3.26. The number of carbonyl (C=O) groups is 3. The number of hydrogen-bond acceptors (Lipinski definition) is 3. The van der Waals surface area contributed by atoms with Gasteiger partial charge in [0.25, 0.3) is 0 Å². The van der Waals surface area contributed by atoms with Crippen LogP contribution in [0, 0.1) is 0 Å². The van der Waals surface area contributed by atoms with Gasteiger partial charge in [0.1, 0.15) is 6.04 Å². The number of carbonyl (C=O) groups excluding carboxylic acids is 2. The molecule has 0 saturated heterocycles. The molecule has 1 saturated carbocycles. The van der Waals surface area contributed by atoms with Crippen molar-refractivity contribution in [1.82, 2.24) is 16.0 Å². The predicted octanol–water partition coefficient (Wildman–Crippen LogP) is 0.988. The van der Waals surface area contributed by atoms with Gasteiger partial charge in [-0.1, -0.05) is 19.8 Å². The number of rotatable bonds is 10. The van der Waals surface area contributed by atoms with Crippen LogP contribution in [0.2, 0.25) is 0 Å². The molecule has 0 radical (unpaired) electrons. The van der Waals surface area contributed by atoms with Crippen LogP contribution in [0.15, 0.2) is 0 Å². The Kier molecular flexibility index (Phi) is 7.56. The van der Waals surface area contributed by atoms with E-state index in [9.17, 15) is 14.4 Å². The number of urea groups is 1. The molecule has 120 valence electrons. The third-order valence-electron chi connectivity index (χ3n) is 3.26. The molecule has 0 aliphatic heterocycles. The lowest BCUT2D eigenvalue weighted by Gasteiger charge is -2.14. The van der Waals surface area contributed by atoms with Crippen LogP contribution < -0.4 is 16.0 Å². The lowest BCUT2D eigenvalue weighted by molar-refractivity contribution is -0.139. The SMILES string of the molecule is CCCC[C@H](NC(=O)NCCCC(=O)NC1CC1)C(=O)O. The molecule has 7 heteroatoms. The van der Waals surface area contributed by atoms with E-state index in [4.69, 9.17) is 5.11 Å². The van der Waals surface area contributed by atoms with E-state index in [1.54, 1.807) is 0 Å². The molecule has 1 fully saturated rings. The lowest BCUT2D eigenvalue weighted by Crippen LogP contribution is -2.46. The molecule has 0 aromatic carbocycles. The van der Waals surface area contributed by atoms with E-state index in [0.717, 1.165) is 25.7 Å². The van der Waals surface area contributed by atoms with E-state index < -0.39 is 18.0 Å². The molecule has 1 aliphatic carbocycles. The van der Waals surface area contributed by atoms with Crippen LogP contribution >= 0.6 is 0 Å². The van der Waals surface area contributed by atoms with E-state index in [-0.39, 0.29) is 5.91 Å². The summed E-state index contributed by atoms with van der Waals surface area (Å²) in [6.07, 6.45) is 5.07. The predicted molar refractivity (Wildman–Crippen MR) is 77.9 cm³/mol. The smallest absolute Gasteiger partial charge is 0.326 e. The number of amides is 3. The van der Waals surface area contributed by atoms with Gasteiger partial charge in [-0.15, -0.1) is 0 Å². The molecule has 3 amide bonds. The second kappa shape index (κ2) is 9.20. The number of aliphatic carboxylic acids is 1. The molecule has 0 unspecified atom stereocenters. The van der Waals surface area contributed by atoms with Crippen LogP contribution in [-0.2, 0) is 9.59 Å². The Bertz CT molecular complexity index is 369. The van der Waals surface area contributed by atoms with Crippen molar-refractivity contribution < 1.29 is 19.5 Å². The fraction of sp³-hybridized carbons (Fsp3) is 0.786. The summed E-state index contributed by atoms with van der Waals surface area (Å²) in [4.78, 5) is 33.9. The number of carboxylic acid groups (broad SMARTS) is 1. The number of hydrogen-bond donors (Lipinski definition) is 4. The number of unbranched alkanes of at least 4 members (excludes halogenated alkanes) is 1. The second-order valence-corrected chi connectivity index (χ2v) is 5.38. The highest BCUT2D eigenvalue weighted by Crippen LogP contribution is 2.18. The summed E-state index contributed by atoms with van der Waals surface area (Å²) in [7, 11) is 0. The summed E-state index contributed by atoms with van der Waals surface area (Å²) in [5.74, 6) is -1.02. The maximum atomic E-state index is 11.6. The van der Waals surface area contributed by atoms with Crippen molar-refractivity contribution in [3.8, 4) is 0 Å². The Hall–Kier alpha value is -1.79. The molecule has 0 heterocycles. The van der Waals surface area contributed by atoms with Crippen molar-refractivity contribution in [1.29, 1.82) is 0 Å². The minimum Gasteiger partial charge on any atom is -0.480 e. The summed E-state index contributed by atoms with van der Waals surface area (Å²) < 4.78 is 0. The molecule has 1 rings (SSSR count). The molecule has 4 N–H and O–H groups in total. The molecule has 21 heavy (non-hydrogen) atoms. The third kappa shape index (κ3) is 8.16.